The molecule has 0 spiro atoms. The Kier molecular flexibility index (Phi) is 3.45. The van der Waals surface area contributed by atoms with Gasteiger partial charge in [0.2, 0.25) is 0 Å². The molecule has 0 bridgehead atoms. The molecule has 1 saturated heterocycles. The van der Waals surface area contributed by atoms with Crippen molar-refractivity contribution in [1.29, 1.82) is 0 Å². The van der Waals surface area contributed by atoms with E-state index in [0.717, 1.165) is 42.4 Å². The minimum absolute atomic E-state index is 0.184. The van der Waals surface area contributed by atoms with Gasteiger partial charge in [0.15, 0.2) is 5.82 Å². The van der Waals surface area contributed by atoms with Crippen molar-refractivity contribution in [1.82, 2.24) is 30.1 Å². The summed E-state index contributed by atoms with van der Waals surface area (Å²) < 4.78 is 0. The fourth-order valence-electron chi connectivity index (χ4n) is 3.01. The molecular formula is C16H17N7. The van der Waals surface area contributed by atoms with Gasteiger partial charge in [-0.3, -0.25) is 10.1 Å². The van der Waals surface area contributed by atoms with Crippen molar-refractivity contribution < 1.29 is 0 Å². The summed E-state index contributed by atoms with van der Waals surface area (Å²) in [5, 5.41) is 6.95. The summed E-state index contributed by atoms with van der Waals surface area (Å²) in [5.41, 5.74) is 1.71. The molecule has 4 heterocycles. The van der Waals surface area contributed by atoms with E-state index in [2.05, 4.69) is 30.0 Å². The number of hydrogen-bond acceptors (Lipinski definition) is 6. The molecule has 1 aliphatic rings. The highest BCUT2D eigenvalue weighted by molar-refractivity contribution is 5.54. The van der Waals surface area contributed by atoms with Crippen LogP contribution in [0.1, 0.15) is 30.4 Å². The Bertz CT molecular complexity index is 785. The summed E-state index contributed by atoms with van der Waals surface area (Å²) in [6, 6.07) is 7.96. The third-order valence-corrected chi connectivity index (χ3v) is 4.03. The summed E-state index contributed by atoms with van der Waals surface area (Å²) >= 11 is 0. The Morgan fingerprint density at radius 3 is 2.96 bits per heavy atom. The molecule has 0 saturated carbocycles. The predicted octanol–water partition coefficient (Wildman–Crippen LogP) is 2.31. The van der Waals surface area contributed by atoms with Gasteiger partial charge in [0, 0.05) is 24.5 Å². The maximum Gasteiger partial charge on any atom is 0.180 e. The van der Waals surface area contributed by atoms with E-state index < -0.39 is 0 Å². The van der Waals surface area contributed by atoms with E-state index in [-0.39, 0.29) is 6.04 Å². The number of nitrogens with one attached hydrogen (secondary N) is 1. The smallest absolute Gasteiger partial charge is 0.180 e. The molecule has 0 amide bonds. The zero-order valence-electron chi connectivity index (χ0n) is 12.8. The van der Waals surface area contributed by atoms with Crippen LogP contribution >= 0.6 is 0 Å². The van der Waals surface area contributed by atoms with Crippen LogP contribution in [0.5, 0.6) is 0 Å². The zero-order chi connectivity index (χ0) is 15.6. The average Bonchev–Trinajstić information content (AvgIpc) is 3.26. The van der Waals surface area contributed by atoms with Crippen LogP contribution in [-0.4, -0.2) is 36.7 Å². The summed E-state index contributed by atoms with van der Waals surface area (Å²) in [6.07, 6.45) is 5.45. The highest BCUT2D eigenvalue weighted by atomic mass is 15.3. The SMILES string of the molecule is Cc1cc(N2CCC[C@H]2c2ncn[nH]2)nc(-c2ccccn2)n1. The normalized spacial score (nSPS) is 17.6. The molecule has 7 heteroatoms. The van der Waals surface area contributed by atoms with Gasteiger partial charge in [0.25, 0.3) is 0 Å². The first-order valence-corrected chi connectivity index (χ1v) is 7.70. The van der Waals surface area contributed by atoms with E-state index in [1.165, 1.54) is 0 Å². The van der Waals surface area contributed by atoms with Crippen molar-refractivity contribution >= 4 is 5.82 Å². The maximum atomic E-state index is 4.74. The molecule has 116 valence electrons. The van der Waals surface area contributed by atoms with Crippen LogP contribution in [0.25, 0.3) is 11.5 Å². The van der Waals surface area contributed by atoms with Crippen molar-refractivity contribution in [3.05, 3.63) is 48.3 Å². The largest absolute Gasteiger partial charge is 0.346 e. The number of pyridine rings is 1. The fraction of sp³-hybridized carbons (Fsp3) is 0.312. The third kappa shape index (κ3) is 2.65. The van der Waals surface area contributed by atoms with Crippen molar-refractivity contribution in [3.63, 3.8) is 0 Å². The van der Waals surface area contributed by atoms with Gasteiger partial charge >= 0.3 is 0 Å². The molecule has 1 N–H and O–H groups in total. The Hall–Kier alpha value is -2.83. The van der Waals surface area contributed by atoms with Gasteiger partial charge in [-0.05, 0) is 31.9 Å². The zero-order valence-corrected chi connectivity index (χ0v) is 12.8. The van der Waals surface area contributed by atoms with Gasteiger partial charge in [-0.2, -0.15) is 5.10 Å². The molecule has 1 fully saturated rings. The molecule has 23 heavy (non-hydrogen) atoms. The van der Waals surface area contributed by atoms with Crippen molar-refractivity contribution in [2.24, 2.45) is 0 Å². The summed E-state index contributed by atoms with van der Waals surface area (Å²) in [5.74, 6) is 2.46. The second-order valence-corrected chi connectivity index (χ2v) is 5.63. The molecule has 0 radical (unpaired) electrons. The van der Waals surface area contributed by atoms with Crippen LogP contribution < -0.4 is 4.90 Å². The molecule has 3 aromatic rings. The minimum Gasteiger partial charge on any atom is -0.346 e. The van der Waals surface area contributed by atoms with E-state index in [0.29, 0.717) is 5.82 Å². The first-order valence-electron chi connectivity index (χ1n) is 7.70. The van der Waals surface area contributed by atoms with Crippen LogP contribution in [0, 0.1) is 6.92 Å². The van der Waals surface area contributed by atoms with E-state index >= 15 is 0 Å². The monoisotopic (exact) mass is 307 g/mol. The molecule has 1 atom stereocenters. The molecule has 0 aromatic carbocycles. The lowest BCUT2D eigenvalue weighted by Crippen LogP contribution is -2.25. The number of aromatic amines is 1. The first kappa shape index (κ1) is 13.8. The van der Waals surface area contributed by atoms with Crippen molar-refractivity contribution in [3.8, 4) is 11.5 Å². The highest BCUT2D eigenvalue weighted by Crippen LogP contribution is 2.34. The molecule has 1 aliphatic heterocycles. The van der Waals surface area contributed by atoms with E-state index in [9.17, 15) is 0 Å². The van der Waals surface area contributed by atoms with Gasteiger partial charge in [-0.15, -0.1) is 0 Å². The van der Waals surface area contributed by atoms with Gasteiger partial charge in [-0.25, -0.2) is 15.0 Å². The molecule has 0 unspecified atom stereocenters. The lowest BCUT2D eigenvalue weighted by Gasteiger charge is -2.24. The van der Waals surface area contributed by atoms with Crippen molar-refractivity contribution in [2.75, 3.05) is 11.4 Å². The Labute approximate surface area is 133 Å². The van der Waals surface area contributed by atoms with Crippen LogP contribution in [0.2, 0.25) is 0 Å². The Morgan fingerprint density at radius 1 is 1.22 bits per heavy atom. The number of anilines is 1. The van der Waals surface area contributed by atoms with E-state index in [4.69, 9.17) is 4.98 Å². The summed E-state index contributed by atoms with van der Waals surface area (Å²) in [7, 11) is 0. The summed E-state index contributed by atoms with van der Waals surface area (Å²) in [4.78, 5) is 20.2. The van der Waals surface area contributed by atoms with E-state index in [1.54, 1.807) is 12.5 Å². The number of aryl methyl sites for hydroxylation is 1. The number of hydrogen-bond donors (Lipinski definition) is 1. The van der Waals surface area contributed by atoms with E-state index in [1.807, 2.05) is 31.2 Å². The Morgan fingerprint density at radius 2 is 2.17 bits per heavy atom. The number of nitrogens with zero attached hydrogens (tertiary/aromatic N) is 6. The topological polar surface area (TPSA) is 83.5 Å². The predicted molar refractivity (Wildman–Crippen MR) is 85.7 cm³/mol. The van der Waals surface area contributed by atoms with Crippen LogP contribution in [-0.2, 0) is 0 Å². The number of H-pyrrole nitrogens is 1. The van der Waals surface area contributed by atoms with Gasteiger partial charge in [0.1, 0.15) is 23.7 Å². The van der Waals surface area contributed by atoms with Crippen LogP contribution in [0.15, 0.2) is 36.8 Å². The van der Waals surface area contributed by atoms with Crippen LogP contribution in [0.3, 0.4) is 0 Å². The fourth-order valence-corrected chi connectivity index (χ4v) is 3.01. The molecule has 3 aromatic heterocycles. The molecule has 0 aliphatic carbocycles. The lowest BCUT2D eigenvalue weighted by atomic mass is 10.2. The average molecular weight is 307 g/mol. The van der Waals surface area contributed by atoms with Gasteiger partial charge in [0.05, 0.1) is 6.04 Å². The third-order valence-electron chi connectivity index (χ3n) is 4.03. The standard InChI is InChI=1S/C16H17N7/c1-11-9-14(21-15(20-11)12-5-2-3-7-17-12)23-8-4-6-13(23)16-18-10-19-22-16/h2-3,5,7,9-10,13H,4,6,8H2,1H3,(H,18,19,22)/t13-/m0/s1. The Balaban J connectivity index is 1.73. The van der Waals surface area contributed by atoms with Crippen molar-refractivity contribution in [2.45, 2.75) is 25.8 Å². The molecule has 4 rings (SSSR count). The highest BCUT2D eigenvalue weighted by Gasteiger charge is 2.29. The lowest BCUT2D eigenvalue weighted by molar-refractivity contribution is 0.663. The second-order valence-electron chi connectivity index (χ2n) is 5.63. The number of rotatable bonds is 3. The number of aromatic nitrogens is 6. The first-order chi connectivity index (χ1) is 11.3. The maximum absolute atomic E-state index is 4.74. The quantitative estimate of drug-likeness (QED) is 0.799. The minimum atomic E-state index is 0.184. The molecule has 7 nitrogen and oxygen atoms in total. The molecular weight excluding hydrogens is 290 g/mol. The van der Waals surface area contributed by atoms with Gasteiger partial charge < -0.3 is 4.90 Å². The summed E-state index contributed by atoms with van der Waals surface area (Å²) in [6.45, 7) is 2.93. The van der Waals surface area contributed by atoms with Gasteiger partial charge in [-0.1, -0.05) is 6.07 Å². The van der Waals surface area contributed by atoms with Crippen LogP contribution in [0.4, 0.5) is 5.82 Å². The second kappa shape index (κ2) is 5.75.